The number of carbonyl (C=O) groups is 3. The Balaban J connectivity index is 1.85. The van der Waals surface area contributed by atoms with E-state index < -0.39 is 36.0 Å². The monoisotopic (exact) mass is 433 g/mol. The van der Waals surface area contributed by atoms with E-state index in [2.05, 4.69) is 6.58 Å². The van der Waals surface area contributed by atoms with Crippen molar-refractivity contribution >= 4 is 18.0 Å². The number of amides is 2. The van der Waals surface area contributed by atoms with E-state index in [1.807, 2.05) is 30.3 Å². The SMILES string of the molecule is C=C(C)[C@@H](OC(=O)c1ccccc1)[C@H](/C=C\C)C(=O)N1C(=O)OC[C@@H]1Cc1ccccc1. The van der Waals surface area contributed by atoms with E-state index in [-0.39, 0.29) is 6.61 Å². The van der Waals surface area contributed by atoms with E-state index in [1.165, 1.54) is 0 Å². The summed E-state index contributed by atoms with van der Waals surface area (Å²) in [7, 11) is 0. The van der Waals surface area contributed by atoms with Gasteiger partial charge in [-0.3, -0.25) is 4.79 Å². The van der Waals surface area contributed by atoms with Crippen LogP contribution in [0.25, 0.3) is 0 Å². The molecule has 0 spiro atoms. The summed E-state index contributed by atoms with van der Waals surface area (Å²) < 4.78 is 10.9. The predicted octanol–water partition coefficient (Wildman–Crippen LogP) is 4.57. The van der Waals surface area contributed by atoms with Crippen LogP contribution in [0.2, 0.25) is 0 Å². The number of allylic oxidation sites excluding steroid dienone is 1. The molecule has 0 aromatic heterocycles. The second-order valence-corrected chi connectivity index (χ2v) is 7.72. The van der Waals surface area contributed by atoms with E-state index in [0.29, 0.717) is 17.6 Å². The molecule has 32 heavy (non-hydrogen) atoms. The molecule has 0 unspecified atom stereocenters. The summed E-state index contributed by atoms with van der Waals surface area (Å²) in [6.07, 6.45) is 2.17. The summed E-state index contributed by atoms with van der Waals surface area (Å²) in [5.41, 5.74) is 1.86. The van der Waals surface area contributed by atoms with Gasteiger partial charge >= 0.3 is 12.1 Å². The highest BCUT2D eigenvalue weighted by Crippen LogP contribution is 2.26. The quantitative estimate of drug-likeness (QED) is 0.450. The fraction of sp³-hybridized carbons (Fsp3) is 0.269. The van der Waals surface area contributed by atoms with Crippen molar-refractivity contribution in [2.24, 2.45) is 5.92 Å². The Kier molecular flexibility index (Phi) is 7.60. The van der Waals surface area contributed by atoms with Crippen molar-refractivity contribution in [3.63, 3.8) is 0 Å². The molecule has 2 aromatic carbocycles. The van der Waals surface area contributed by atoms with Gasteiger partial charge in [-0.15, -0.1) is 0 Å². The van der Waals surface area contributed by atoms with Gasteiger partial charge in [0.2, 0.25) is 5.91 Å². The minimum atomic E-state index is -0.933. The molecule has 1 fully saturated rings. The summed E-state index contributed by atoms with van der Waals surface area (Å²) in [5.74, 6) is -1.96. The summed E-state index contributed by atoms with van der Waals surface area (Å²) in [6.45, 7) is 7.49. The maximum Gasteiger partial charge on any atom is 0.417 e. The number of hydrogen-bond acceptors (Lipinski definition) is 5. The first-order valence-corrected chi connectivity index (χ1v) is 10.5. The van der Waals surface area contributed by atoms with Crippen LogP contribution < -0.4 is 0 Å². The molecule has 166 valence electrons. The number of ether oxygens (including phenoxy) is 2. The molecule has 0 aliphatic carbocycles. The van der Waals surface area contributed by atoms with Gasteiger partial charge in [-0.1, -0.05) is 67.3 Å². The zero-order chi connectivity index (χ0) is 23.1. The van der Waals surface area contributed by atoms with Crippen molar-refractivity contribution in [2.75, 3.05) is 6.61 Å². The first kappa shape index (κ1) is 23.0. The Bertz CT molecular complexity index is 999. The molecule has 6 nitrogen and oxygen atoms in total. The van der Waals surface area contributed by atoms with Crippen molar-refractivity contribution in [1.29, 1.82) is 0 Å². The lowest BCUT2D eigenvalue weighted by Gasteiger charge is -2.29. The zero-order valence-electron chi connectivity index (χ0n) is 18.3. The molecular weight excluding hydrogens is 406 g/mol. The molecular formula is C26H27NO5. The lowest BCUT2D eigenvalue weighted by molar-refractivity contribution is -0.134. The van der Waals surface area contributed by atoms with Crippen molar-refractivity contribution < 1.29 is 23.9 Å². The first-order chi connectivity index (χ1) is 15.4. The second-order valence-electron chi connectivity index (χ2n) is 7.72. The summed E-state index contributed by atoms with van der Waals surface area (Å²) in [4.78, 5) is 39.9. The molecule has 0 saturated carbocycles. The smallest absolute Gasteiger partial charge is 0.417 e. The highest BCUT2D eigenvalue weighted by molar-refractivity contribution is 5.96. The van der Waals surface area contributed by atoms with Gasteiger partial charge in [-0.25, -0.2) is 14.5 Å². The van der Waals surface area contributed by atoms with Crippen LogP contribution in [-0.4, -0.2) is 41.6 Å². The number of rotatable bonds is 8. The number of nitrogens with zero attached hydrogens (tertiary/aromatic N) is 1. The van der Waals surface area contributed by atoms with E-state index >= 15 is 0 Å². The van der Waals surface area contributed by atoms with Gasteiger partial charge < -0.3 is 9.47 Å². The Morgan fingerprint density at radius 3 is 2.38 bits per heavy atom. The molecule has 2 amide bonds. The van der Waals surface area contributed by atoms with Gasteiger partial charge in [0, 0.05) is 0 Å². The predicted molar refractivity (Wildman–Crippen MR) is 121 cm³/mol. The third kappa shape index (κ3) is 5.32. The average Bonchev–Trinajstić information content (AvgIpc) is 3.16. The first-order valence-electron chi connectivity index (χ1n) is 10.5. The fourth-order valence-electron chi connectivity index (χ4n) is 3.69. The minimum Gasteiger partial charge on any atom is -0.453 e. The Morgan fingerprint density at radius 2 is 1.78 bits per heavy atom. The average molecular weight is 434 g/mol. The molecule has 0 N–H and O–H groups in total. The summed E-state index contributed by atoms with van der Waals surface area (Å²) in [5, 5.41) is 0. The van der Waals surface area contributed by atoms with Gasteiger partial charge in [0.05, 0.1) is 17.5 Å². The van der Waals surface area contributed by atoms with Crippen molar-refractivity contribution in [3.8, 4) is 0 Å². The van der Waals surface area contributed by atoms with E-state index in [0.717, 1.165) is 10.5 Å². The van der Waals surface area contributed by atoms with Crippen LogP contribution in [0.3, 0.4) is 0 Å². The number of hydrogen-bond donors (Lipinski definition) is 0. The highest BCUT2D eigenvalue weighted by Gasteiger charge is 2.43. The van der Waals surface area contributed by atoms with Gasteiger partial charge in [0.25, 0.3) is 0 Å². The van der Waals surface area contributed by atoms with E-state index in [9.17, 15) is 14.4 Å². The zero-order valence-corrected chi connectivity index (χ0v) is 18.3. The topological polar surface area (TPSA) is 72.9 Å². The maximum atomic E-state index is 13.6. The van der Waals surface area contributed by atoms with Crippen molar-refractivity contribution in [3.05, 3.63) is 96.1 Å². The number of esters is 1. The van der Waals surface area contributed by atoms with Crippen molar-refractivity contribution in [2.45, 2.75) is 32.4 Å². The fourth-order valence-corrected chi connectivity index (χ4v) is 3.69. The van der Waals surface area contributed by atoms with Crippen LogP contribution >= 0.6 is 0 Å². The van der Waals surface area contributed by atoms with Crippen LogP contribution in [0, 0.1) is 5.92 Å². The van der Waals surface area contributed by atoms with Gasteiger partial charge in [-0.05, 0) is 43.5 Å². The molecule has 3 atom stereocenters. The molecule has 0 bridgehead atoms. The minimum absolute atomic E-state index is 0.115. The Hall–Kier alpha value is -3.67. The molecule has 2 aromatic rings. The van der Waals surface area contributed by atoms with E-state index in [1.54, 1.807) is 56.3 Å². The molecule has 3 rings (SSSR count). The number of carbonyl (C=O) groups excluding carboxylic acids is 3. The molecule has 1 heterocycles. The maximum absolute atomic E-state index is 13.6. The lowest BCUT2D eigenvalue weighted by Crippen LogP contribution is -2.47. The van der Waals surface area contributed by atoms with Gasteiger partial charge in [0.1, 0.15) is 12.7 Å². The molecule has 1 saturated heterocycles. The number of imide groups is 1. The van der Waals surface area contributed by atoms with Crippen LogP contribution in [0.4, 0.5) is 4.79 Å². The van der Waals surface area contributed by atoms with Crippen LogP contribution in [0.15, 0.2) is 85.0 Å². The second kappa shape index (κ2) is 10.6. The number of cyclic esters (lactones) is 1. The standard InChI is InChI=1S/C26H27NO5/c1-4-11-22(23(18(2)3)32-25(29)20-14-9-6-10-15-20)24(28)27-21(17-31-26(27)30)16-19-12-7-5-8-13-19/h4-15,21-23H,2,16-17H2,1,3H3/b11-4-/t21-,22-,23+/m0/s1. The molecule has 1 aliphatic rings. The third-order valence-corrected chi connectivity index (χ3v) is 5.25. The number of benzene rings is 2. The largest absolute Gasteiger partial charge is 0.453 e. The summed E-state index contributed by atoms with van der Waals surface area (Å²) in [6, 6.07) is 17.7. The third-order valence-electron chi connectivity index (χ3n) is 5.25. The summed E-state index contributed by atoms with van der Waals surface area (Å²) >= 11 is 0. The van der Waals surface area contributed by atoms with Crippen molar-refractivity contribution in [1.82, 2.24) is 4.90 Å². The highest BCUT2D eigenvalue weighted by atomic mass is 16.6. The van der Waals surface area contributed by atoms with Crippen LogP contribution in [0.5, 0.6) is 0 Å². The lowest BCUT2D eigenvalue weighted by atomic mass is 9.94. The normalized spacial score (nSPS) is 17.6. The van der Waals surface area contributed by atoms with Crippen LogP contribution in [0.1, 0.15) is 29.8 Å². The molecule has 0 radical (unpaired) electrons. The van der Waals surface area contributed by atoms with E-state index in [4.69, 9.17) is 9.47 Å². The molecule has 1 aliphatic heterocycles. The van der Waals surface area contributed by atoms with Gasteiger partial charge in [-0.2, -0.15) is 0 Å². The Labute approximate surface area is 188 Å². The van der Waals surface area contributed by atoms with Crippen LogP contribution in [-0.2, 0) is 20.7 Å². The van der Waals surface area contributed by atoms with Gasteiger partial charge in [0.15, 0.2) is 0 Å². The molecule has 6 heteroatoms. The Morgan fingerprint density at radius 1 is 1.16 bits per heavy atom.